The van der Waals surface area contributed by atoms with Crippen LogP contribution in [0.25, 0.3) is 0 Å². The molecule has 72 valence electrons. The van der Waals surface area contributed by atoms with E-state index in [1.165, 1.54) is 11.8 Å². The van der Waals surface area contributed by atoms with Crippen molar-refractivity contribution in [1.82, 2.24) is 9.97 Å². The van der Waals surface area contributed by atoms with Gasteiger partial charge < -0.3 is 10.7 Å². The molecule has 0 amide bonds. The number of thioether (sulfide) groups is 1. The maximum Gasteiger partial charge on any atom is 0.255 e. The Kier molecular flexibility index (Phi) is 3.50. The first-order valence-electron chi connectivity index (χ1n) is 4.03. The minimum atomic E-state index is -0.0673. The number of nitrogens with two attached hydrogens (primary N) is 1. The van der Waals surface area contributed by atoms with Gasteiger partial charge in [0.15, 0.2) is 5.16 Å². The van der Waals surface area contributed by atoms with Crippen molar-refractivity contribution in [3.05, 3.63) is 21.6 Å². The summed E-state index contributed by atoms with van der Waals surface area (Å²) in [5, 5.41) is 0.656. The predicted molar refractivity (Wildman–Crippen MR) is 54.1 cm³/mol. The van der Waals surface area contributed by atoms with Crippen LogP contribution in [0.5, 0.6) is 0 Å². The van der Waals surface area contributed by atoms with Crippen molar-refractivity contribution in [2.75, 3.05) is 12.8 Å². The Morgan fingerprint density at radius 2 is 2.31 bits per heavy atom. The quantitative estimate of drug-likeness (QED) is 0.542. The van der Waals surface area contributed by atoms with Gasteiger partial charge >= 0.3 is 0 Å². The van der Waals surface area contributed by atoms with Crippen LogP contribution < -0.4 is 11.3 Å². The molecule has 0 saturated heterocycles. The third-order valence-electron chi connectivity index (χ3n) is 1.79. The van der Waals surface area contributed by atoms with Gasteiger partial charge in [0, 0.05) is 11.3 Å². The summed E-state index contributed by atoms with van der Waals surface area (Å²) in [6.07, 6.45) is 2.46. The van der Waals surface area contributed by atoms with E-state index in [4.69, 9.17) is 5.73 Å². The first-order valence-corrected chi connectivity index (χ1v) is 5.25. The summed E-state index contributed by atoms with van der Waals surface area (Å²) >= 11 is 1.43. The molecule has 0 aliphatic rings. The number of aromatic amines is 1. The van der Waals surface area contributed by atoms with Gasteiger partial charge in [0.25, 0.3) is 5.56 Å². The zero-order valence-corrected chi connectivity index (χ0v) is 8.57. The Labute approximate surface area is 81.0 Å². The van der Waals surface area contributed by atoms with Crippen molar-refractivity contribution >= 4 is 11.8 Å². The molecular formula is C8H13N3OS. The lowest BCUT2D eigenvalue weighted by Gasteiger charge is -2.03. The molecule has 0 atom stereocenters. The highest BCUT2D eigenvalue weighted by Crippen LogP contribution is 2.07. The summed E-state index contributed by atoms with van der Waals surface area (Å²) in [6, 6.07) is 0. The lowest BCUT2D eigenvalue weighted by Crippen LogP contribution is -2.20. The third-order valence-corrected chi connectivity index (χ3v) is 2.37. The zero-order valence-electron chi connectivity index (χ0n) is 7.76. The van der Waals surface area contributed by atoms with E-state index < -0.39 is 0 Å². The van der Waals surface area contributed by atoms with Gasteiger partial charge in [0.2, 0.25) is 0 Å². The number of hydrogen-bond donors (Lipinski definition) is 2. The first kappa shape index (κ1) is 10.3. The molecule has 0 aromatic carbocycles. The highest BCUT2D eigenvalue weighted by Gasteiger charge is 2.05. The fraction of sp³-hybridized carbons (Fsp3) is 0.500. The van der Waals surface area contributed by atoms with Crippen LogP contribution in [-0.4, -0.2) is 22.8 Å². The molecule has 0 fully saturated rings. The fourth-order valence-electron chi connectivity index (χ4n) is 1.12. The number of aromatic nitrogens is 2. The number of aryl methyl sites for hydroxylation is 1. The fourth-order valence-corrected chi connectivity index (χ4v) is 1.54. The topological polar surface area (TPSA) is 71.8 Å². The summed E-state index contributed by atoms with van der Waals surface area (Å²) in [6.45, 7) is 2.31. The van der Waals surface area contributed by atoms with Crippen molar-refractivity contribution in [2.24, 2.45) is 5.73 Å². The monoisotopic (exact) mass is 199 g/mol. The van der Waals surface area contributed by atoms with Crippen molar-refractivity contribution in [3.8, 4) is 0 Å². The Morgan fingerprint density at radius 3 is 2.77 bits per heavy atom. The number of rotatable bonds is 3. The second-order valence-electron chi connectivity index (χ2n) is 2.68. The van der Waals surface area contributed by atoms with E-state index in [-0.39, 0.29) is 5.56 Å². The van der Waals surface area contributed by atoms with Gasteiger partial charge in [-0.25, -0.2) is 4.98 Å². The molecule has 1 aromatic rings. The number of H-pyrrole nitrogens is 1. The molecule has 5 heteroatoms. The molecule has 0 bridgehead atoms. The predicted octanol–water partition coefficient (Wildman–Crippen LogP) is 0.301. The summed E-state index contributed by atoms with van der Waals surface area (Å²) in [5.41, 5.74) is 6.79. The van der Waals surface area contributed by atoms with E-state index in [2.05, 4.69) is 9.97 Å². The van der Waals surface area contributed by atoms with Crippen molar-refractivity contribution in [3.63, 3.8) is 0 Å². The molecule has 0 saturated carbocycles. The second kappa shape index (κ2) is 4.43. The normalized spacial score (nSPS) is 10.4. The van der Waals surface area contributed by atoms with E-state index in [1.54, 1.807) is 0 Å². The number of nitrogens with one attached hydrogen (secondary N) is 1. The Hall–Kier alpha value is -0.810. The Morgan fingerprint density at radius 1 is 1.62 bits per heavy atom. The lowest BCUT2D eigenvalue weighted by molar-refractivity contribution is 0.836. The van der Waals surface area contributed by atoms with Crippen LogP contribution >= 0.6 is 11.8 Å². The highest BCUT2D eigenvalue weighted by atomic mass is 32.2. The molecule has 0 aliphatic heterocycles. The van der Waals surface area contributed by atoms with Crippen LogP contribution in [0.3, 0.4) is 0 Å². The Bertz CT molecular complexity index is 348. The van der Waals surface area contributed by atoms with Gasteiger partial charge in [0.05, 0.1) is 0 Å². The van der Waals surface area contributed by atoms with Gasteiger partial charge in [-0.3, -0.25) is 4.79 Å². The van der Waals surface area contributed by atoms with Gasteiger partial charge in [-0.05, 0) is 26.1 Å². The van der Waals surface area contributed by atoms with Gasteiger partial charge in [-0.2, -0.15) is 0 Å². The zero-order chi connectivity index (χ0) is 9.84. The summed E-state index contributed by atoms with van der Waals surface area (Å²) < 4.78 is 0. The van der Waals surface area contributed by atoms with Crippen LogP contribution in [0.1, 0.15) is 11.3 Å². The third kappa shape index (κ3) is 2.32. The molecule has 1 aromatic heterocycles. The molecule has 4 nitrogen and oxygen atoms in total. The van der Waals surface area contributed by atoms with Crippen LogP contribution in [0.15, 0.2) is 9.95 Å². The minimum absolute atomic E-state index is 0.0673. The number of hydrogen-bond acceptors (Lipinski definition) is 4. The molecule has 0 unspecified atom stereocenters. The lowest BCUT2D eigenvalue weighted by atomic mass is 10.2. The largest absolute Gasteiger partial charge is 0.330 e. The molecule has 3 N–H and O–H groups in total. The molecular weight excluding hydrogens is 186 g/mol. The summed E-state index contributed by atoms with van der Waals surface area (Å²) in [7, 11) is 0. The minimum Gasteiger partial charge on any atom is -0.330 e. The van der Waals surface area contributed by atoms with Crippen molar-refractivity contribution < 1.29 is 0 Å². The summed E-state index contributed by atoms with van der Waals surface area (Å²) in [4.78, 5) is 18.4. The number of nitrogens with zero attached hydrogens (tertiary/aromatic N) is 1. The average Bonchev–Trinajstić information content (AvgIpc) is 2.11. The van der Waals surface area contributed by atoms with E-state index in [9.17, 15) is 4.79 Å². The van der Waals surface area contributed by atoms with E-state index >= 15 is 0 Å². The van der Waals surface area contributed by atoms with E-state index in [0.717, 1.165) is 5.69 Å². The van der Waals surface area contributed by atoms with Gasteiger partial charge in [0.1, 0.15) is 0 Å². The van der Waals surface area contributed by atoms with Gasteiger partial charge in [-0.1, -0.05) is 11.8 Å². The Balaban J connectivity index is 3.15. The maximum absolute atomic E-state index is 11.4. The maximum atomic E-state index is 11.4. The SMILES string of the molecule is CSc1nc(C)c(CCN)c(=O)[nH]1. The molecule has 0 spiro atoms. The van der Waals surface area contributed by atoms with Crippen LogP contribution in [0.2, 0.25) is 0 Å². The molecule has 0 aliphatic carbocycles. The average molecular weight is 199 g/mol. The molecule has 1 rings (SSSR count). The summed E-state index contributed by atoms with van der Waals surface area (Å²) in [5.74, 6) is 0. The molecule has 13 heavy (non-hydrogen) atoms. The van der Waals surface area contributed by atoms with Crippen LogP contribution in [0, 0.1) is 6.92 Å². The van der Waals surface area contributed by atoms with E-state index in [1.807, 2.05) is 13.2 Å². The smallest absolute Gasteiger partial charge is 0.255 e. The van der Waals surface area contributed by atoms with Crippen LogP contribution in [-0.2, 0) is 6.42 Å². The van der Waals surface area contributed by atoms with Crippen molar-refractivity contribution in [2.45, 2.75) is 18.5 Å². The standard InChI is InChI=1S/C8H13N3OS/c1-5-6(3-4-9)7(12)11-8(10-5)13-2/h3-4,9H2,1-2H3,(H,10,11,12). The highest BCUT2D eigenvalue weighted by molar-refractivity contribution is 7.98. The van der Waals surface area contributed by atoms with Crippen molar-refractivity contribution in [1.29, 1.82) is 0 Å². The second-order valence-corrected chi connectivity index (χ2v) is 3.47. The van der Waals surface area contributed by atoms with Gasteiger partial charge in [-0.15, -0.1) is 0 Å². The first-order chi connectivity index (χ1) is 6.19. The molecule has 0 radical (unpaired) electrons. The van der Waals surface area contributed by atoms with E-state index in [0.29, 0.717) is 23.7 Å². The molecule has 1 heterocycles. The van der Waals surface area contributed by atoms with Crippen LogP contribution in [0.4, 0.5) is 0 Å².